The first-order valence-corrected chi connectivity index (χ1v) is 10.4. The molecule has 0 aliphatic carbocycles. The molecule has 8 heteroatoms. The standard InChI is InChI=1S/C17H21N3O3S2/c1-12-7-14-8-15(25(18,22)23)3-4-16(14)20(12)17(21)10-19(2)9-13-5-6-24-11-13/h3-6,8,11-12H,7,9-10H2,1-2H3,(H2,18,22,23)/t12-/m0/s1. The molecule has 1 atom stereocenters. The maximum Gasteiger partial charge on any atom is 0.241 e. The van der Waals surface area contributed by atoms with Gasteiger partial charge in [0.1, 0.15) is 0 Å². The smallest absolute Gasteiger partial charge is 0.241 e. The van der Waals surface area contributed by atoms with Crippen LogP contribution in [0.2, 0.25) is 0 Å². The van der Waals surface area contributed by atoms with Gasteiger partial charge in [-0.25, -0.2) is 13.6 Å². The Balaban J connectivity index is 1.76. The van der Waals surface area contributed by atoms with Gasteiger partial charge in [0, 0.05) is 18.3 Å². The number of primary sulfonamides is 1. The van der Waals surface area contributed by atoms with Crippen molar-refractivity contribution in [1.82, 2.24) is 4.90 Å². The van der Waals surface area contributed by atoms with Gasteiger partial charge in [-0.15, -0.1) is 0 Å². The summed E-state index contributed by atoms with van der Waals surface area (Å²) in [6, 6.07) is 6.75. The van der Waals surface area contributed by atoms with Gasteiger partial charge in [0.2, 0.25) is 15.9 Å². The molecule has 25 heavy (non-hydrogen) atoms. The van der Waals surface area contributed by atoms with Crippen molar-refractivity contribution in [3.05, 3.63) is 46.2 Å². The summed E-state index contributed by atoms with van der Waals surface area (Å²) in [5.41, 5.74) is 2.80. The molecular formula is C17H21N3O3S2. The fraction of sp³-hybridized carbons (Fsp3) is 0.353. The average Bonchev–Trinajstić information content (AvgIpc) is 3.11. The highest BCUT2D eigenvalue weighted by molar-refractivity contribution is 7.89. The normalized spacial score (nSPS) is 17.1. The van der Waals surface area contributed by atoms with Gasteiger partial charge in [-0.05, 0) is 66.5 Å². The number of nitrogens with two attached hydrogens (primary N) is 1. The molecule has 1 aliphatic heterocycles. The van der Waals surface area contributed by atoms with Crippen LogP contribution in [0.4, 0.5) is 5.69 Å². The molecule has 2 aromatic rings. The van der Waals surface area contributed by atoms with Crippen LogP contribution in [0.1, 0.15) is 18.1 Å². The largest absolute Gasteiger partial charge is 0.308 e. The fourth-order valence-corrected chi connectivity index (χ4v) is 4.45. The second kappa shape index (κ2) is 6.87. The number of thiophene rings is 1. The highest BCUT2D eigenvalue weighted by Gasteiger charge is 2.32. The summed E-state index contributed by atoms with van der Waals surface area (Å²) in [4.78, 5) is 16.6. The summed E-state index contributed by atoms with van der Waals surface area (Å²) in [5, 5.41) is 9.29. The van der Waals surface area contributed by atoms with Crippen LogP contribution in [-0.4, -0.2) is 38.9 Å². The molecule has 0 fully saturated rings. The van der Waals surface area contributed by atoms with Gasteiger partial charge >= 0.3 is 0 Å². The third-order valence-corrected chi connectivity index (χ3v) is 5.94. The number of carbonyl (C=O) groups is 1. The van der Waals surface area contributed by atoms with E-state index in [2.05, 4.69) is 5.38 Å². The van der Waals surface area contributed by atoms with Crippen molar-refractivity contribution in [2.75, 3.05) is 18.5 Å². The van der Waals surface area contributed by atoms with Crippen LogP contribution in [0.25, 0.3) is 0 Å². The number of benzene rings is 1. The third-order valence-electron chi connectivity index (χ3n) is 4.30. The van der Waals surface area contributed by atoms with Gasteiger partial charge in [-0.2, -0.15) is 11.3 Å². The van der Waals surface area contributed by atoms with Crippen molar-refractivity contribution in [3.63, 3.8) is 0 Å². The summed E-state index contributed by atoms with van der Waals surface area (Å²) in [6.45, 7) is 2.98. The van der Waals surface area contributed by atoms with Crippen LogP contribution in [-0.2, 0) is 27.8 Å². The summed E-state index contributed by atoms with van der Waals surface area (Å²) >= 11 is 1.64. The van der Waals surface area contributed by atoms with E-state index in [1.807, 2.05) is 30.3 Å². The number of hydrogen-bond acceptors (Lipinski definition) is 5. The molecule has 0 radical (unpaired) electrons. The lowest BCUT2D eigenvalue weighted by atomic mass is 10.1. The molecule has 0 saturated carbocycles. The lowest BCUT2D eigenvalue weighted by Gasteiger charge is -2.25. The number of sulfonamides is 1. The van der Waals surface area contributed by atoms with Crippen LogP contribution in [0.15, 0.2) is 39.9 Å². The number of amides is 1. The van der Waals surface area contributed by atoms with Crippen LogP contribution in [0.5, 0.6) is 0 Å². The predicted octanol–water partition coefficient (Wildman–Crippen LogP) is 1.81. The second-order valence-corrected chi connectivity index (χ2v) is 8.80. The number of hydrogen-bond donors (Lipinski definition) is 1. The Morgan fingerprint density at radius 3 is 2.80 bits per heavy atom. The lowest BCUT2D eigenvalue weighted by molar-refractivity contribution is -0.119. The van der Waals surface area contributed by atoms with Crippen molar-refractivity contribution >= 4 is 33.0 Å². The van der Waals surface area contributed by atoms with E-state index in [1.165, 1.54) is 11.6 Å². The maximum absolute atomic E-state index is 12.8. The van der Waals surface area contributed by atoms with E-state index in [4.69, 9.17) is 5.14 Å². The minimum absolute atomic E-state index is 0.00669. The molecule has 2 N–H and O–H groups in total. The lowest BCUT2D eigenvalue weighted by Crippen LogP contribution is -2.41. The molecule has 0 unspecified atom stereocenters. The molecule has 3 rings (SSSR count). The number of likely N-dealkylation sites (N-methyl/N-ethyl adjacent to an activating group) is 1. The topological polar surface area (TPSA) is 83.7 Å². The van der Waals surface area contributed by atoms with Gasteiger partial charge in [0.15, 0.2) is 0 Å². The highest BCUT2D eigenvalue weighted by Crippen LogP contribution is 2.33. The van der Waals surface area contributed by atoms with Crippen LogP contribution >= 0.6 is 11.3 Å². The Hall–Kier alpha value is -1.74. The van der Waals surface area contributed by atoms with Gasteiger partial charge in [-0.1, -0.05) is 0 Å². The van der Waals surface area contributed by atoms with E-state index < -0.39 is 10.0 Å². The predicted molar refractivity (Wildman–Crippen MR) is 99.1 cm³/mol. The van der Waals surface area contributed by atoms with Gasteiger partial charge in [-0.3, -0.25) is 9.69 Å². The quantitative estimate of drug-likeness (QED) is 0.859. The highest BCUT2D eigenvalue weighted by atomic mass is 32.2. The fourth-order valence-electron chi connectivity index (χ4n) is 3.22. The molecule has 1 aromatic carbocycles. The number of anilines is 1. The van der Waals surface area contributed by atoms with Crippen LogP contribution < -0.4 is 10.0 Å². The molecule has 134 valence electrons. The van der Waals surface area contributed by atoms with Gasteiger partial charge in [0.25, 0.3) is 0 Å². The van der Waals surface area contributed by atoms with E-state index in [-0.39, 0.29) is 16.8 Å². The Morgan fingerprint density at radius 1 is 1.40 bits per heavy atom. The summed E-state index contributed by atoms with van der Waals surface area (Å²) in [5.74, 6) is 0.00679. The van der Waals surface area contributed by atoms with Crippen molar-refractivity contribution in [2.45, 2.75) is 30.8 Å². The zero-order valence-electron chi connectivity index (χ0n) is 14.2. The Kier molecular flexibility index (Phi) is 4.97. The zero-order chi connectivity index (χ0) is 18.2. The number of fused-ring (bicyclic) bond motifs is 1. The van der Waals surface area contributed by atoms with E-state index in [0.717, 1.165) is 11.3 Å². The number of nitrogens with zero attached hydrogens (tertiary/aromatic N) is 2. The molecular weight excluding hydrogens is 358 g/mol. The first-order valence-electron chi connectivity index (χ1n) is 7.93. The Morgan fingerprint density at radius 2 is 2.16 bits per heavy atom. The van der Waals surface area contributed by atoms with E-state index in [1.54, 1.807) is 28.4 Å². The number of rotatable bonds is 5. The average molecular weight is 380 g/mol. The molecule has 1 aromatic heterocycles. The first-order chi connectivity index (χ1) is 11.8. The Bertz CT molecular complexity index is 879. The summed E-state index contributed by atoms with van der Waals surface area (Å²) in [7, 11) is -1.82. The van der Waals surface area contributed by atoms with Crippen molar-refractivity contribution < 1.29 is 13.2 Å². The summed E-state index contributed by atoms with van der Waals surface area (Å²) in [6.07, 6.45) is 0.624. The SMILES string of the molecule is C[C@H]1Cc2cc(S(N)(=O)=O)ccc2N1C(=O)CN(C)Cc1ccsc1. The molecule has 1 aliphatic rings. The molecule has 0 saturated heterocycles. The van der Waals surface area contributed by atoms with Crippen LogP contribution in [0, 0.1) is 0 Å². The molecule has 0 spiro atoms. The van der Waals surface area contributed by atoms with Gasteiger partial charge in [0.05, 0.1) is 11.4 Å². The second-order valence-electron chi connectivity index (χ2n) is 6.46. The first kappa shape index (κ1) is 18.1. The monoisotopic (exact) mass is 379 g/mol. The maximum atomic E-state index is 12.8. The minimum atomic E-state index is -3.74. The van der Waals surface area contributed by atoms with Crippen molar-refractivity contribution in [3.8, 4) is 0 Å². The Labute approximate surface area is 151 Å². The van der Waals surface area contributed by atoms with Crippen molar-refractivity contribution in [1.29, 1.82) is 0 Å². The zero-order valence-corrected chi connectivity index (χ0v) is 15.8. The van der Waals surface area contributed by atoms with E-state index in [9.17, 15) is 13.2 Å². The third kappa shape index (κ3) is 3.92. The van der Waals surface area contributed by atoms with E-state index in [0.29, 0.717) is 19.5 Å². The summed E-state index contributed by atoms with van der Waals surface area (Å²) < 4.78 is 23.0. The van der Waals surface area contributed by atoms with Gasteiger partial charge < -0.3 is 4.90 Å². The van der Waals surface area contributed by atoms with Crippen LogP contribution in [0.3, 0.4) is 0 Å². The molecule has 0 bridgehead atoms. The van der Waals surface area contributed by atoms with E-state index >= 15 is 0 Å². The molecule has 2 heterocycles. The molecule has 1 amide bonds. The minimum Gasteiger partial charge on any atom is -0.308 e. The van der Waals surface area contributed by atoms with Crippen molar-refractivity contribution in [2.24, 2.45) is 5.14 Å². The molecule has 6 nitrogen and oxygen atoms in total. The number of carbonyl (C=O) groups excluding carboxylic acids is 1.